The van der Waals surface area contributed by atoms with Crippen molar-refractivity contribution in [3.05, 3.63) is 59.9 Å². The molecule has 0 aliphatic heterocycles. The molecule has 0 aromatic heterocycles. The van der Waals surface area contributed by atoms with E-state index in [1.165, 1.54) is 36.4 Å². The van der Waals surface area contributed by atoms with Gasteiger partial charge in [-0.3, -0.25) is 4.79 Å². The van der Waals surface area contributed by atoms with Crippen LogP contribution in [0.3, 0.4) is 0 Å². The molecule has 0 radical (unpaired) electrons. The van der Waals surface area contributed by atoms with Crippen LogP contribution < -0.4 is 10.0 Å². The number of hydrogen-bond acceptors (Lipinski definition) is 3. The Morgan fingerprint density at radius 3 is 2.50 bits per heavy atom. The Labute approximate surface area is 141 Å². The van der Waals surface area contributed by atoms with Crippen LogP contribution >= 0.6 is 0 Å². The molecule has 5 nitrogen and oxygen atoms in total. The van der Waals surface area contributed by atoms with Crippen LogP contribution in [0.5, 0.6) is 0 Å². The third kappa shape index (κ3) is 4.87. The summed E-state index contributed by atoms with van der Waals surface area (Å²) >= 11 is 0. The summed E-state index contributed by atoms with van der Waals surface area (Å²) in [5, 5.41) is 2.60. The van der Waals surface area contributed by atoms with E-state index in [1.807, 2.05) is 6.92 Å². The minimum absolute atomic E-state index is 0.0792. The summed E-state index contributed by atoms with van der Waals surface area (Å²) in [5.74, 6) is -0.874. The van der Waals surface area contributed by atoms with Gasteiger partial charge in [0.2, 0.25) is 10.0 Å². The first-order chi connectivity index (χ1) is 11.4. The van der Waals surface area contributed by atoms with Gasteiger partial charge in [0.05, 0.1) is 4.90 Å². The third-order valence-electron chi connectivity index (χ3n) is 3.33. The zero-order valence-corrected chi connectivity index (χ0v) is 14.1. The molecule has 0 fully saturated rings. The molecule has 0 heterocycles. The highest BCUT2D eigenvalue weighted by Gasteiger charge is 2.14. The summed E-state index contributed by atoms with van der Waals surface area (Å²) in [4.78, 5) is 12.2. The van der Waals surface area contributed by atoms with E-state index < -0.39 is 21.7 Å². The monoisotopic (exact) mass is 350 g/mol. The molecule has 0 unspecified atom stereocenters. The Morgan fingerprint density at radius 2 is 1.83 bits per heavy atom. The third-order valence-corrected chi connectivity index (χ3v) is 4.79. The van der Waals surface area contributed by atoms with E-state index in [1.54, 1.807) is 12.1 Å². The maximum absolute atomic E-state index is 12.9. The van der Waals surface area contributed by atoms with Crippen LogP contribution in [0, 0.1) is 5.82 Å². The molecule has 0 spiro atoms. The lowest BCUT2D eigenvalue weighted by molar-refractivity contribution is 0.102. The standard InChI is InChI=1S/C17H19FN2O3S/c1-2-3-11-19-24(22,23)16-6-4-5-15(12-16)20-17(21)13-7-9-14(18)10-8-13/h4-10,12,19H,2-3,11H2,1H3,(H,20,21). The first-order valence-corrected chi connectivity index (χ1v) is 9.07. The molecule has 0 atom stereocenters. The van der Waals surface area contributed by atoms with Gasteiger partial charge in [0.25, 0.3) is 5.91 Å². The predicted octanol–water partition coefficient (Wildman–Crippen LogP) is 3.16. The van der Waals surface area contributed by atoms with Gasteiger partial charge in [-0.25, -0.2) is 17.5 Å². The van der Waals surface area contributed by atoms with Gasteiger partial charge in [0.1, 0.15) is 5.82 Å². The fraction of sp³-hybridized carbons (Fsp3) is 0.235. The van der Waals surface area contributed by atoms with E-state index >= 15 is 0 Å². The van der Waals surface area contributed by atoms with Gasteiger partial charge in [0.15, 0.2) is 0 Å². The topological polar surface area (TPSA) is 75.3 Å². The normalized spacial score (nSPS) is 11.2. The van der Waals surface area contributed by atoms with Gasteiger partial charge in [-0.05, 0) is 48.9 Å². The number of rotatable bonds is 7. The van der Waals surface area contributed by atoms with Crippen molar-refractivity contribution in [3.8, 4) is 0 Å². The minimum Gasteiger partial charge on any atom is -0.322 e. The van der Waals surface area contributed by atoms with Crippen LogP contribution in [-0.2, 0) is 10.0 Å². The van der Waals surface area contributed by atoms with E-state index in [0.717, 1.165) is 12.8 Å². The van der Waals surface area contributed by atoms with Crippen molar-refractivity contribution in [3.63, 3.8) is 0 Å². The van der Waals surface area contributed by atoms with Crippen LogP contribution in [0.2, 0.25) is 0 Å². The number of anilines is 1. The maximum atomic E-state index is 12.9. The number of carbonyl (C=O) groups is 1. The SMILES string of the molecule is CCCCNS(=O)(=O)c1cccc(NC(=O)c2ccc(F)cc2)c1. The number of sulfonamides is 1. The van der Waals surface area contributed by atoms with Crippen molar-refractivity contribution in [1.82, 2.24) is 4.72 Å². The van der Waals surface area contributed by atoms with Crippen molar-refractivity contribution in [2.45, 2.75) is 24.7 Å². The second kappa shape index (κ2) is 8.03. The molecular formula is C17H19FN2O3S. The first kappa shape index (κ1) is 18.1. The van der Waals surface area contributed by atoms with E-state index in [0.29, 0.717) is 12.2 Å². The zero-order valence-electron chi connectivity index (χ0n) is 13.3. The lowest BCUT2D eigenvalue weighted by Gasteiger charge is -2.09. The molecule has 0 aliphatic carbocycles. The number of halogens is 1. The van der Waals surface area contributed by atoms with Gasteiger partial charge < -0.3 is 5.32 Å². The average molecular weight is 350 g/mol. The highest BCUT2D eigenvalue weighted by atomic mass is 32.2. The number of hydrogen-bond donors (Lipinski definition) is 2. The summed E-state index contributed by atoms with van der Waals surface area (Å²) in [6.07, 6.45) is 1.64. The van der Waals surface area contributed by atoms with Crippen molar-refractivity contribution < 1.29 is 17.6 Å². The van der Waals surface area contributed by atoms with Gasteiger partial charge in [-0.2, -0.15) is 0 Å². The Kier molecular flexibility index (Phi) is 6.05. The molecular weight excluding hydrogens is 331 g/mol. The molecule has 0 saturated carbocycles. The van der Waals surface area contributed by atoms with Gasteiger partial charge in [-0.15, -0.1) is 0 Å². The van der Waals surface area contributed by atoms with Crippen molar-refractivity contribution >= 4 is 21.6 Å². The lowest BCUT2D eigenvalue weighted by Crippen LogP contribution is -2.24. The molecule has 2 aromatic carbocycles. The van der Waals surface area contributed by atoms with Crippen LogP contribution in [0.15, 0.2) is 53.4 Å². The number of amides is 1. The van der Waals surface area contributed by atoms with Gasteiger partial charge >= 0.3 is 0 Å². The summed E-state index contributed by atoms with van der Waals surface area (Å²) in [6.45, 7) is 2.34. The molecule has 128 valence electrons. The maximum Gasteiger partial charge on any atom is 0.255 e. The quantitative estimate of drug-likeness (QED) is 0.753. The van der Waals surface area contributed by atoms with Gasteiger partial charge in [-0.1, -0.05) is 19.4 Å². The Hall–Kier alpha value is -2.25. The largest absolute Gasteiger partial charge is 0.322 e. The summed E-state index contributed by atoms with van der Waals surface area (Å²) in [6, 6.07) is 11.1. The van der Waals surface area contributed by atoms with Crippen LogP contribution in [0.4, 0.5) is 10.1 Å². The number of benzene rings is 2. The second-order valence-corrected chi connectivity index (χ2v) is 7.01. The van der Waals surface area contributed by atoms with Crippen molar-refractivity contribution in [2.75, 3.05) is 11.9 Å². The molecule has 1 amide bonds. The van der Waals surface area contributed by atoms with E-state index in [2.05, 4.69) is 10.0 Å². The van der Waals surface area contributed by atoms with Crippen molar-refractivity contribution in [1.29, 1.82) is 0 Å². The van der Waals surface area contributed by atoms with Crippen molar-refractivity contribution in [2.24, 2.45) is 0 Å². The molecule has 24 heavy (non-hydrogen) atoms. The Morgan fingerprint density at radius 1 is 1.12 bits per heavy atom. The van der Waals surface area contributed by atoms with Crippen LogP contribution in [0.1, 0.15) is 30.1 Å². The zero-order chi connectivity index (χ0) is 17.6. The number of unbranched alkanes of at least 4 members (excludes halogenated alkanes) is 1. The Bertz CT molecular complexity index is 805. The lowest BCUT2D eigenvalue weighted by atomic mass is 10.2. The molecule has 2 N–H and O–H groups in total. The van der Waals surface area contributed by atoms with E-state index in [-0.39, 0.29) is 10.5 Å². The minimum atomic E-state index is -3.61. The van der Waals surface area contributed by atoms with E-state index in [9.17, 15) is 17.6 Å². The highest BCUT2D eigenvalue weighted by molar-refractivity contribution is 7.89. The van der Waals surface area contributed by atoms with Gasteiger partial charge in [0, 0.05) is 17.8 Å². The number of nitrogens with one attached hydrogen (secondary N) is 2. The van der Waals surface area contributed by atoms with E-state index in [4.69, 9.17) is 0 Å². The molecule has 0 aliphatic rings. The summed E-state index contributed by atoms with van der Waals surface area (Å²) < 4.78 is 39.8. The molecule has 2 rings (SSSR count). The predicted molar refractivity (Wildman–Crippen MR) is 90.9 cm³/mol. The Balaban J connectivity index is 2.12. The van der Waals surface area contributed by atoms with Crippen LogP contribution in [0.25, 0.3) is 0 Å². The summed E-state index contributed by atoms with van der Waals surface area (Å²) in [7, 11) is -3.61. The number of carbonyl (C=O) groups excluding carboxylic acids is 1. The molecule has 0 saturated heterocycles. The van der Waals surface area contributed by atoms with Crippen LogP contribution in [-0.4, -0.2) is 20.9 Å². The fourth-order valence-electron chi connectivity index (χ4n) is 2.01. The summed E-state index contributed by atoms with van der Waals surface area (Å²) in [5.41, 5.74) is 0.633. The fourth-order valence-corrected chi connectivity index (χ4v) is 3.13. The first-order valence-electron chi connectivity index (χ1n) is 7.59. The average Bonchev–Trinajstić information content (AvgIpc) is 2.56. The second-order valence-electron chi connectivity index (χ2n) is 5.24. The molecule has 2 aromatic rings. The highest BCUT2D eigenvalue weighted by Crippen LogP contribution is 2.16. The molecule has 0 bridgehead atoms. The smallest absolute Gasteiger partial charge is 0.255 e. The molecule has 7 heteroatoms.